The Morgan fingerprint density at radius 2 is 0.903 bits per heavy atom. The molecule has 0 fully saturated rings. The van der Waals surface area contributed by atoms with Crippen molar-refractivity contribution in [3.05, 3.63) is 130 Å². The Bertz CT molecular complexity index is 1090. The van der Waals surface area contributed by atoms with Crippen molar-refractivity contribution in [1.82, 2.24) is 0 Å². The Hall–Kier alpha value is -3.20. The van der Waals surface area contributed by atoms with Crippen LogP contribution in [0.4, 0.5) is 0 Å². The van der Waals surface area contributed by atoms with Gasteiger partial charge in [-0.1, -0.05) is 97.1 Å². The van der Waals surface area contributed by atoms with Crippen LogP contribution in [0.5, 0.6) is 0 Å². The minimum absolute atomic E-state index is 0.357. The molecule has 4 aromatic rings. The molecule has 1 aliphatic rings. The normalized spacial score (nSPS) is 13.6. The lowest BCUT2D eigenvalue weighted by molar-refractivity contribution is 0.185. The molecule has 0 saturated heterocycles. The first-order chi connectivity index (χ1) is 15.3. The molecule has 5 rings (SSSR count). The third-order valence-corrected chi connectivity index (χ3v) is 6.35. The fourth-order valence-corrected chi connectivity index (χ4v) is 5.06. The van der Waals surface area contributed by atoms with Crippen LogP contribution >= 0.6 is 0 Å². The molecule has 0 unspecified atom stereocenters. The van der Waals surface area contributed by atoms with E-state index < -0.39 is 0 Å². The smallest absolute Gasteiger partial charge is 0.0713 e. The van der Waals surface area contributed by atoms with E-state index in [1.165, 1.54) is 44.5 Å². The van der Waals surface area contributed by atoms with Gasteiger partial charge >= 0.3 is 0 Å². The summed E-state index contributed by atoms with van der Waals surface area (Å²) in [5.41, 5.74) is 9.80. The molecule has 2 nitrogen and oxygen atoms in total. The number of hydrogen-bond acceptors (Lipinski definition) is 2. The SMILES string of the molecule is COCc1ccc(C2(c3ccc(COC)cc3)c3ccccc3-c3ccccc32)cc1. The van der Waals surface area contributed by atoms with Gasteiger partial charge in [-0.15, -0.1) is 0 Å². The van der Waals surface area contributed by atoms with E-state index >= 15 is 0 Å². The number of hydrogen-bond donors (Lipinski definition) is 0. The number of ether oxygens (including phenoxy) is 2. The first-order valence-electron chi connectivity index (χ1n) is 10.6. The summed E-state index contributed by atoms with van der Waals surface area (Å²) in [6.07, 6.45) is 0. The van der Waals surface area contributed by atoms with E-state index in [1.807, 2.05) is 0 Å². The fraction of sp³-hybridized carbons (Fsp3) is 0.172. The molecule has 0 saturated carbocycles. The lowest BCUT2D eigenvalue weighted by Gasteiger charge is -2.34. The second kappa shape index (κ2) is 8.14. The van der Waals surface area contributed by atoms with E-state index in [9.17, 15) is 0 Å². The monoisotopic (exact) mass is 406 g/mol. The predicted octanol–water partition coefficient (Wildman–Crippen LogP) is 6.34. The lowest BCUT2D eigenvalue weighted by atomic mass is 9.67. The Labute approximate surface area is 184 Å². The number of benzene rings is 4. The summed E-state index contributed by atoms with van der Waals surface area (Å²) in [7, 11) is 3.47. The standard InChI is InChI=1S/C29H26O2/c1-30-19-21-11-15-23(16-12-21)29(24-17-13-22(14-18-24)20-31-2)27-9-5-3-7-25(27)26-8-4-6-10-28(26)29/h3-18H,19-20H2,1-2H3. The summed E-state index contributed by atoms with van der Waals surface area (Å²) in [6.45, 7) is 1.23. The van der Waals surface area contributed by atoms with Crippen LogP contribution in [0.25, 0.3) is 11.1 Å². The van der Waals surface area contributed by atoms with Gasteiger partial charge in [-0.25, -0.2) is 0 Å². The molecular weight excluding hydrogens is 380 g/mol. The molecule has 0 aromatic heterocycles. The van der Waals surface area contributed by atoms with E-state index in [0.717, 1.165) is 0 Å². The van der Waals surface area contributed by atoms with E-state index in [-0.39, 0.29) is 5.41 Å². The van der Waals surface area contributed by atoms with Crippen LogP contribution in [0.2, 0.25) is 0 Å². The molecule has 31 heavy (non-hydrogen) atoms. The van der Waals surface area contributed by atoms with Crippen LogP contribution in [-0.2, 0) is 28.1 Å². The van der Waals surface area contributed by atoms with Crippen LogP contribution in [0.1, 0.15) is 33.4 Å². The molecule has 0 amide bonds. The molecule has 0 bridgehead atoms. The highest BCUT2D eigenvalue weighted by molar-refractivity contribution is 5.86. The van der Waals surface area contributed by atoms with Crippen LogP contribution < -0.4 is 0 Å². The highest BCUT2D eigenvalue weighted by atomic mass is 16.5. The topological polar surface area (TPSA) is 18.5 Å². The number of fused-ring (bicyclic) bond motifs is 3. The Kier molecular flexibility index (Phi) is 5.19. The van der Waals surface area contributed by atoms with Gasteiger partial charge in [0.2, 0.25) is 0 Å². The van der Waals surface area contributed by atoms with Crippen molar-refractivity contribution in [2.75, 3.05) is 14.2 Å². The molecule has 0 heterocycles. The van der Waals surface area contributed by atoms with Gasteiger partial charge in [0.1, 0.15) is 0 Å². The van der Waals surface area contributed by atoms with Crippen LogP contribution in [0.15, 0.2) is 97.1 Å². The summed E-state index contributed by atoms with van der Waals surface area (Å²) >= 11 is 0. The molecule has 0 aliphatic heterocycles. The van der Waals surface area contributed by atoms with Crippen LogP contribution in [0, 0.1) is 0 Å². The van der Waals surface area contributed by atoms with E-state index in [2.05, 4.69) is 97.1 Å². The first kappa shape index (κ1) is 19.7. The summed E-state index contributed by atoms with van der Waals surface area (Å²) in [4.78, 5) is 0. The predicted molar refractivity (Wildman–Crippen MR) is 125 cm³/mol. The molecule has 0 spiro atoms. The Morgan fingerprint density at radius 3 is 1.29 bits per heavy atom. The van der Waals surface area contributed by atoms with E-state index in [1.54, 1.807) is 14.2 Å². The first-order valence-corrected chi connectivity index (χ1v) is 10.6. The molecule has 2 heteroatoms. The second-order valence-electron chi connectivity index (χ2n) is 8.10. The van der Waals surface area contributed by atoms with Crippen molar-refractivity contribution in [3.63, 3.8) is 0 Å². The van der Waals surface area contributed by atoms with Crippen molar-refractivity contribution < 1.29 is 9.47 Å². The summed E-state index contributed by atoms with van der Waals surface area (Å²) < 4.78 is 10.7. The highest BCUT2D eigenvalue weighted by Gasteiger charge is 2.45. The van der Waals surface area contributed by atoms with Crippen molar-refractivity contribution in [2.24, 2.45) is 0 Å². The van der Waals surface area contributed by atoms with Crippen molar-refractivity contribution >= 4 is 0 Å². The molecule has 1 aliphatic carbocycles. The van der Waals surface area contributed by atoms with Crippen molar-refractivity contribution in [3.8, 4) is 11.1 Å². The summed E-state index contributed by atoms with van der Waals surface area (Å²) in [5, 5.41) is 0. The van der Waals surface area contributed by atoms with Gasteiger partial charge in [0.25, 0.3) is 0 Å². The molecule has 0 radical (unpaired) electrons. The second-order valence-corrected chi connectivity index (χ2v) is 8.10. The third-order valence-electron chi connectivity index (χ3n) is 6.35. The average molecular weight is 407 g/mol. The maximum absolute atomic E-state index is 5.34. The largest absolute Gasteiger partial charge is 0.380 e. The third kappa shape index (κ3) is 3.11. The average Bonchev–Trinajstić information content (AvgIpc) is 3.12. The van der Waals surface area contributed by atoms with E-state index in [0.29, 0.717) is 13.2 Å². The minimum atomic E-state index is -0.357. The van der Waals surface area contributed by atoms with Crippen molar-refractivity contribution in [1.29, 1.82) is 0 Å². The molecule has 154 valence electrons. The molecule has 4 aromatic carbocycles. The summed E-state index contributed by atoms with van der Waals surface area (Å²) in [5.74, 6) is 0. The summed E-state index contributed by atoms with van der Waals surface area (Å²) in [6, 6.07) is 35.4. The zero-order valence-corrected chi connectivity index (χ0v) is 18.0. The zero-order valence-electron chi connectivity index (χ0n) is 18.0. The van der Waals surface area contributed by atoms with Gasteiger partial charge in [-0.2, -0.15) is 0 Å². The maximum Gasteiger partial charge on any atom is 0.0713 e. The van der Waals surface area contributed by atoms with Gasteiger partial charge in [0.15, 0.2) is 0 Å². The van der Waals surface area contributed by atoms with E-state index in [4.69, 9.17) is 9.47 Å². The van der Waals surface area contributed by atoms with Gasteiger partial charge in [-0.3, -0.25) is 0 Å². The van der Waals surface area contributed by atoms with Gasteiger partial charge in [0.05, 0.1) is 18.6 Å². The number of rotatable bonds is 6. The van der Waals surface area contributed by atoms with Crippen LogP contribution in [0.3, 0.4) is 0 Å². The van der Waals surface area contributed by atoms with Gasteiger partial charge in [-0.05, 0) is 44.5 Å². The van der Waals surface area contributed by atoms with Crippen molar-refractivity contribution in [2.45, 2.75) is 18.6 Å². The number of methoxy groups -OCH3 is 2. The molecule has 0 atom stereocenters. The highest BCUT2D eigenvalue weighted by Crippen LogP contribution is 2.55. The van der Waals surface area contributed by atoms with Crippen LogP contribution in [-0.4, -0.2) is 14.2 Å². The van der Waals surface area contributed by atoms with Gasteiger partial charge < -0.3 is 9.47 Å². The molecular formula is C29H26O2. The van der Waals surface area contributed by atoms with Gasteiger partial charge in [0, 0.05) is 14.2 Å². The minimum Gasteiger partial charge on any atom is -0.380 e. The Morgan fingerprint density at radius 1 is 0.516 bits per heavy atom. The lowest BCUT2D eigenvalue weighted by Crippen LogP contribution is -2.28. The Balaban J connectivity index is 1.80. The molecule has 0 N–H and O–H groups in total. The zero-order chi connectivity index (χ0) is 21.3. The maximum atomic E-state index is 5.34. The fourth-order valence-electron chi connectivity index (χ4n) is 5.06. The quantitative estimate of drug-likeness (QED) is 0.327.